The van der Waals surface area contributed by atoms with E-state index in [1.54, 1.807) is 0 Å². The lowest BCUT2D eigenvalue weighted by molar-refractivity contribution is 0.673. The van der Waals surface area contributed by atoms with Crippen LogP contribution in [0.2, 0.25) is 0 Å². The van der Waals surface area contributed by atoms with Crippen molar-refractivity contribution >= 4 is 270 Å². The minimum Gasteiger partial charge on any atom is -0.456 e. The summed E-state index contributed by atoms with van der Waals surface area (Å²) >= 11 is 0. The molecule has 0 saturated heterocycles. The van der Waals surface area contributed by atoms with E-state index < -0.39 is 0 Å². The van der Waals surface area contributed by atoms with Crippen LogP contribution in [0.4, 0.5) is 0 Å². The van der Waals surface area contributed by atoms with E-state index in [0.29, 0.717) is 11.1 Å². The average molecular weight is 895 g/mol. The van der Waals surface area contributed by atoms with Gasteiger partial charge in [-0.2, -0.15) is 0 Å². The molecule has 9 aromatic carbocycles. The molecule has 0 N–H and O–H groups in total. The largest absolute Gasteiger partial charge is 0.456 e. The molecule has 21 heteroatoms. The van der Waals surface area contributed by atoms with E-state index in [4.69, 9.17) is 153 Å². The summed E-state index contributed by atoms with van der Waals surface area (Å²) in [5, 5.41) is 2.98. The molecule has 0 fully saturated rings. The number of nitrogens with zero attached hydrogens (tertiary/aromatic N) is 3. The molecule has 0 amide bonds. The summed E-state index contributed by atoms with van der Waals surface area (Å²) in [7, 11) is 115. The second-order valence-electron chi connectivity index (χ2n) is 18.0. The molecule has 0 aliphatic heterocycles. The van der Waals surface area contributed by atoms with Crippen LogP contribution in [-0.4, -0.2) is 148 Å². The van der Waals surface area contributed by atoms with Crippen LogP contribution in [0.25, 0.3) is 111 Å². The summed E-state index contributed by atoms with van der Waals surface area (Å²) in [6, 6.07) is 31.5. The highest BCUT2D eigenvalue weighted by molar-refractivity contribution is 6.74. The Balaban J connectivity index is 1.28. The molecule has 0 bridgehead atoms. The van der Waals surface area contributed by atoms with Crippen LogP contribution in [0.5, 0.6) is 0 Å². The SMILES string of the molecule is [B]c1c([B])c([B])c(-c2c([B])c([B])c(-c3c([B])c(-c4nc(-c5ccccc5)nc(-c5cccc(-c6ccc7ccccc7c6)c5)n4)c4oc5c([B])c([B])c6c([B])c([B])c([B])c([B])c6c5c4c3[B])c([B])c2[B])c([B])c1[B]. The number of hydrogen-bond acceptors (Lipinski definition) is 4. The zero-order valence-corrected chi connectivity index (χ0v) is 39.3. The van der Waals surface area contributed by atoms with Gasteiger partial charge < -0.3 is 4.42 Å². The summed E-state index contributed by atoms with van der Waals surface area (Å²) in [6.45, 7) is 0. The molecule has 2 heterocycles. The Bertz CT molecular complexity index is 4240. The van der Waals surface area contributed by atoms with Gasteiger partial charge in [-0.25, -0.2) is 15.0 Å². The molecule has 34 radical (unpaired) electrons. The van der Waals surface area contributed by atoms with Crippen molar-refractivity contribution in [2.75, 3.05) is 0 Å². The standard InChI is InChI=1S/C53H16B17N3O/c54-32-26(27-35(57)37(59)28(38(60)36(27)58)29-40(62)45(67)47(69)46(68)41(29)63)33(55)31(49-30(32)24-23-25(42(64)48(70)50(24)74-49)39(61)44(66)43(65)34(23)56)53-72-51(18-8-2-1-3-9-18)71-52(73-53)22-12-6-11-20(16-22)21-14-13-17-7-4-5-10-19(17)15-21/h1-16H. The molecule has 300 valence electrons. The molecule has 11 aromatic rings. The maximum absolute atomic E-state index is 7.47. The molecular weight excluding hydrogens is 878 g/mol. The number of rotatable bonds is 6. The normalized spacial score (nSPS) is 11.6. The topological polar surface area (TPSA) is 51.8 Å². The van der Waals surface area contributed by atoms with Gasteiger partial charge in [-0.1, -0.05) is 150 Å². The highest BCUT2D eigenvalue weighted by Gasteiger charge is 2.30. The van der Waals surface area contributed by atoms with Crippen LogP contribution in [0.3, 0.4) is 0 Å². The molecule has 0 atom stereocenters. The molecule has 0 spiro atoms. The average Bonchev–Trinajstić information content (AvgIpc) is 3.81. The number of fused-ring (bicyclic) bond motifs is 6. The quantitative estimate of drug-likeness (QED) is 0.156. The summed E-state index contributed by atoms with van der Waals surface area (Å²) in [5.41, 5.74) is 2.25. The van der Waals surface area contributed by atoms with Crippen molar-refractivity contribution < 1.29 is 4.42 Å². The van der Waals surface area contributed by atoms with Gasteiger partial charge in [-0.15, -0.1) is 27.3 Å². The van der Waals surface area contributed by atoms with Gasteiger partial charge in [0.15, 0.2) is 17.5 Å². The van der Waals surface area contributed by atoms with E-state index in [2.05, 4.69) is 30.3 Å². The van der Waals surface area contributed by atoms with E-state index >= 15 is 0 Å². The smallest absolute Gasteiger partial charge is 0.167 e. The number of benzene rings is 9. The lowest BCUT2D eigenvalue weighted by Gasteiger charge is -2.29. The Hall–Kier alpha value is -6.59. The van der Waals surface area contributed by atoms with Gasteiger partial charge in [0.25, 0.3) is 0 Å². The van der Waals surface area contributed by atoms with Crippen molar-refractivity contribution in [1.29, 1.82) is 0 Å². The third-order valence-corrected chi connectivity index (χ3v) is 13.9. The highest BCUT2D eigenvalue weighted by Crippen LogP contribution is 2.38. The van der Waals surface area contributed by atoms with Crippen LogP contribution in [0.15, 0.2) is 101 Å². The van der Waals surface area contributed by atoms with Crippen molar-refractivity contribution in [3.05, 3.63) is 97.1 Å². The molecule has 2 aromatic heterocycles. The van der Waals surface area contributed by atoms with E-state index in [1.807, 2.05) is 66.7 Å². The number of aromatic nitrogens is 3. The summed E-state index contributed by atoms with van der Waals surface area (Å²) in [4.78, 5) is 15.3. The first-order chi connectivity index (χ1) is 35.3. The lowest BCUT2D eigenvalue weighted by Crippen LogP contribution is -2.57. The van der Waals surface area contributed by atoms with E-state index in [9.17, 15) is 0 Å². The van der Waals surface area contributed by atoms with Gasteiger partial charge in [0.1, 0.15) is 145 Å². The second-order valence-corrected chi connectivity index (χ2v) is 18.0. The molecule has 11 rings (SSSR count). The first kappa shape index (κ1) is 49.6. The molecule has 74 heavy (non-hydrogen) atoms. The summed E-state index contributed by atoms with van der Waals surface area (Å²) in [5.74, 6) is 0.553. The molecule has 4 nitrogen and oxygen atoms in total. The van der Waals surface area contributed by atoms with Crippen molar-refractivity contribution in [2.24, 2.45) is 0 Å². The van der Waals surface area contributed by atoms with Gasteiger partial charge in [-0.05, 0) is 67.1 Å². The molecule has 0 aliphatic rings. The third-order valence-electron chi connectivity index (χ3n) is 13.9. The summed E-state index contributed by atoms with van der Waals surface area (Å²) in [6.07, 6.45) is 0. The van der Waals surface area contributed by atoms with Gasteiger partial charge in [-0.3, -0.25) is 0 Å². The van der Waals surface area contributed by atoms with Crippen molar-refractivity contribution in [3.63, 3.8) is 0 Å². The predicted molar refractivity (Wildman–Crippen MR) is 326 cm³/mol. The Kier molecular flexibility index (Phi) is 12.3. The maximum atomic E-state index is 7.47. The fraction of sp³-hybridized carbons (Fsp3) is 0. The van der Waals surface area contributed by atoms with E-state index in [1.165, 1.54) is 0 Å². The van der Waals surface area contributed by atoms with Crippen LogP contribution in [0.1, 0.15) is 0 Å². The fourth-order valence-corrected chi connectivity index (χ4v) is 9.95. The van der Waals surface area contributed by atoms with Crippen molar-refractivity contribution in [2.45, 2.75) is 0 Å². The first-order valence-electron chi connectivity index (χ1n) is 22.7. The van der Waals surface area contributed by atoms with Crippen LogP contribution >= 0.6 is 0 Å². The Morgan fingerprint density at radius 1 is 0.243 bits per heavy atom. The fourth-order valence-electron chi connectivity index (χ4n) is 9.95. The monoisotopic (exact) mass is 897 g/mol. The van der Waals surface area contributed by atoms with E-state index in [-0.39, 0.29) is 171 Å². The molecular formula is C53H16B17N3O. The number of hydrogen-bond donors (Lipinski definition) is 0. The highest BCUT2D eigenvalue weighted by atomic mass is 16.3. The van der Waals surface area contributed by atoms with Gasteiger partial charge >= 0.3 is 0 Å². The van der Waals surface area contributed by atoms with Gasteiger partial charge in [0.05, 0.1) is 5.56 Å². The predicted octanol–water partition coefficient (Wildman–Crippen LogP) is -6.43. The molecule has 0 aliphatic carbocycles. The molecule has 0 saturated carbocycles. The van der Waals surface area contributed by atoms with Crippen molar-refractivity contribution in [3.8, 4) is 67.5 Å². The van der Waals surface area contributed by atoms with E-state index in [0.717, 1.165) is 21.9 Å². The number of furan rings is 1. The zero-order valence-electron chi connectivity index (χ0n) is 39.3. The van der Waals surface area contributed by atoms with Gasteiger partial charge in [0.2, 0.25) is 0 Å². The van der Waals surface area contributed by atoms with Crippen molar-refractivity contribution in [1.82, 2.24) is 15.0 Å². The minimum atomic E-state index is -0.155. The molecule has 0 unspecified atom stereocenters. The van der Waals surface area contributed by atoms with Crippen LogP contribution < -0.4 is 92.9 Å². The second kappa shape index (κ2) is 18.4. The Labute approximate surface area is 451 Å². The third kappa shape index (κ3) is 7.41. The Morgan fingerprint density at radius 3 is 1.28 bits per heavy atom. The van der Waals surface area contributed by atoms with Crippen LogP contribution in [-0.2, 0) is 0 Å². The lowest BCUT2D eigenvalue weighted by atomic mass is 9.55. The maximum Gasteiger partial charge on any atom is 0.167 e. The minimum absolute atomic E-state index is 0.000349. The Morgan fingerprint density at radius 2 is 0.676 bits per heavy atom. The summed E-state index contributed by atoms with van der Waals surface area (Å²) < 4.78 is 6.81. The van der Waals surface area contributed by atoms with Crippen LogP contribution in [0, 0.1) is 0 Å². The first-order valence-corrected chi connectivity index (χ1v) is 22.7. The van der Waals surface area contributed by atoms with Gasteiger partial charge in [0, 0.05) is 21.9 Å². The zero-order chi connectivity index (χ0) is 52.5.